The van der Waals surface area contributed by atoms with Crippen LogP contribution in [0.1, 0.15) is 61.0 Å². The highest BCUT2D eigenvalue weighted by Crippen LogP contribution is 2.23. The number of benzene rings is 1. The molecule has 0 radical (unpaired) electrons. The van der Waals surface area contributed by atoms with Gasteiger partial charge in [0.2, 0.25) is 0 Å². The summed E-state index contributed by atoms with van der Waals surface area (Å²) in [7, 11) is 0. The first-order valence-electron chi connectivity index (χ1n) is 7.64. The highest BCUT2D eigenvalue weighted by atomic mass is 16.4. The predicted molar refractivity (Wildman–Crippen MR) is 81.5 cm³/mol. The number of rotatable bonds is 5. The SMILES string of the molecule is CCCC(C)(NC(=O)c1ccc2c(c1)CCCC2)C(=O)O. The van der Waals surface area contributed by atoms with Gasteiger partial charge in [0, 0.05) is 5.56 Å². The quantitative estimate of drug-likeness (QED) is 0.876. The van der Waals surface area contributed by atoms with Crippen LogP contribution in [0, 0.1) is 0 Å². The molecule has 4 heteroatoms. The average molecular weight is 289 g/mol. The summed E-state index contributed by atoms with van der Waals surface area (Å²) in [6.45, 7) is 3.47. The molecule has 0 fully saturated rings. The van der Waals surface area contributed by atoms with Crippen LogP contribution in [0.25, 0.3) is 0 Å². The van der Waals surface area contributed by atoms with E-state index in [2.05, 4.69) is 5.32 Å². The fourth-order valence-electron chi connectivity index (χ4n) is 2.92. The fourth-order valence-corrected chi connectivity index (χ4v) is 2.92. The minimum Gasteiger partial charge on any atom is -0.480 e. The highest BCUT2D eigenvalue weighted by Gasteiger charge is 2.34. The molecule has 0 spiro atoms. The molecule has 0 bridgehead atoms. The van der Waals surface area contributed by atoms with Crippen molar-refractivity contribution in [2.45, 2.75) is 57.9 Å². The van der Waals surface area contributed by atoms with Gasteiger partial charge in [0.25, 0.3) is 5.91 Å². The number of hydrogen-bond acceptors (Lipinski definition) is 2. The molecule has 1 aliphatic carbocycles. The lowest BCUT2D eigenvalue weighted by Crippen LogP contribution is -2.52. The summed E-state index contributed by atoms with van der Waals surface area (Å²) in [5, 5.41) is 12.0. The summed E-state index contributed by atoms with van der Waals surface area (Å²) in [6.07, 6.45) is 5.54. The summed E-state index contributed by atoms with van der Waals surface area (Å²) in [4.78, 5) is 23.7. The first-order chi connectivity index (χ1) is 9.96. The Labute approximate surface area is 125 Å². The molecule has 0 aromatic heterocycles. The van der Waals surface area contributed by atoms with Crippen LogP contribution in [0.4, 0.5) is 0 Å². The van der Waals surface area contributed by atoms with Gasteiger partial charge in [-0.25, -0.2) is 4.79 Å². The molecule has 1 aliphatic rings. The van der Waals surface area contributed by atoms with Crippen LogP contribution < -0.4 is 5.32 Å². The van der Waals surface area contributed by atoms with Crippen molar-refractivity contribution < 1.29 is 14.7 Å². The third-order valence-corrected chi connectivity index (χ3v) is 4.22. The van der Waals surface area contributed by atoms with Gasteiger partial charge in [-0.15, -0.1) is 0 Å². The number of carbonyl (C=O) groups excluding carboxylic acids is 1. The molecular formula is C17H23NO3. The molecule has 1 amide bonds. The molecule has 0 aliphatic heterocycles. The van der Waals surface area contributed by atoms with E-state index in [0.29, 0.717) is 18.4 Å². The van der Waals surface area contributed by atoms with Crippen molar-refractivity contribution in [3.05, 3.63) is 34.9 Å². The van der Waals surface area contributed by atoms with Crippen LogP contribution in [-0.2, 0) is 17.6 Å². The highest BCUT2D eigenvalue weighted by molar-refractivity contribution is 5.98. The van der Waals surface area contributed by atoms with E-state index < -0.39 is 11.5 Å². The molecule has 2 N–H and O–H groups in total. The lowest BCUT2D eigenvalue weighted by molar-refractivity contribution is -0.144. The lowest BCUT2D eigenvalue weighted by atomic mass is 9.90. The van der Waals surface area contributed by atoms with E-state index in [-0.39, 0.29) is 5.91 Å². The number of carboxylic acids is 1. The van der Waals surface area contributed by atoms with E-state index in [9.17, 15) is 14.7 Å². The maximum atomic E-state index is 12.4. The number of carbonyl (C=O) groups is 2. The molecule has 0 saturated heterocycles. The molecule has 4 nitrogen and oxygen atoms in total. The number of fused-ring (bicyclic) bond motifs is 1. The monoisotopic (exact) mass is 289 g/mol. The molecule has 2 rings (SSSR count). The second-order valence-corrected chi connectivity index (χ2v) is 6.03. The Kier molecular flexibility index (Phi) is 4.66. The van der Waals surface area contributed by atoms with Crippen LogP contribution in [0.3, 0.4) is 0 Å². The molecule has 1 unspecified atom stereocenters. The molecule has 0 heterocycles. The fraction of sp³-hybridized carbons (Fsp3) is 0.529. The minimum atomic E-state index is -1.21. The zero-order chi connectivity index (χ0) is 15.5. The maximum absolute atomic E-state index is 12.4. The van der Waals surface area contributed by atoms with Crippen LogP contribution in [0.5, 0.6) is 0 Å². The molecule has 1 atom stereocenters. The smallest absolute Gasteiger partial charge is 0.329 e. The van der Waals surface area contributed by atoms with Crippen molar-refractivity contribution in [2.75, 3.05) is 0 Å². The largest absolute Gasteiger partial charge is 0.480 e. The number of aryl methyl sites for hydroxylation is 2. The minimum absolute atomic E-state index is 0.304. The summed E-state index contributed by atoms with van der Waals surface area (Å²) in [6, 6.07) is 5.72. The van der Waals surface area contributed by atoms with E-state index in [1.165, 1.54) is 17.5 Å². The third kappa shape index (κ3) is 3.43. The van der Waals surface area contributed by atoms with E-state index >= 15 is 0 Å². The van der Waals surface area contributed by atoms with Gasteiger partial charge in [-0.2, -0.15) is 0 Å². The van der Waals surface area contributed by atoms with Gasteiger partial charge in [0.05, 0.1) is 0 Å². The van der Waals surface area contributed by atoms with Gasteiger partial charge < -0.3 is 10.4 Å². The van der Waals surface area contributed by atoms with Crippen molar-refractivity contribution in [3.8, 4) is 0 Å². The van der Waals surface area contributed by atoms with Crippen molar-refractivity contribution >= 4 is 11.9 Å². The summed E-state index contributed by atoms with van der Waals surface area (Å²) >= 11 is 0. The van der Waals surface area contributed by atoms with Gasteiger partial charge in [0.1, 0.15) is 5.54 Å². The summed E-state index contributed by atoms with van der Waals surface area (Å²) in [5.41, 5.74) is 1.88. The number of aliphatic carboxylic acids is 1. The molecule has 1 aromatic rings. The predicted octanol–water partition coefficient (Wildman–Crippen LogP) is 2.94. The zero-order valence-electron chi connectivity index (χ0n) is 12.7. The van der Waals surface area contributed by atoms with Gasteiger partial charge in [-0.05, 0) is 62.3 Å². The van der Waals surface area contributed by atoms with E-state index in [4.69, 9.17) is 0 Å². The standard InChI is InChI=1S/C17H23NO3/c1-3-10-17(2,16(20)21)18-15(19)14-9-8-12-6-4-5-7-13(12)11-14/h8-9,11H,3-7,10H2,1-2H3,(H,18,19)(H,20,21). The number of amides is 1. The lowest BCUT2D eigenvalue weighted by Gasteiger charge is -2.26. The van der Waals surface area contributed by atoms with Crippen molar-refractivity contribution in [3.63, 3.8) is 0 Å². The molecule has 21 heavy (non-hydrogen) atoms. The van der Waals surface area contributed by atoms with E-state index in [1.807, 2.05) is 19.1 Å². The first kappa shape index (κ1) is 15.5. The number of nitrogens with one attached hydrogen (secondary N) is 1. The topological polar surface area (TPSA) is 66.4 Å². The van der Waals surface area contributed by atoms with E-state index in [1.54, 1.807) is 13.0 Å². The Morgan fingerprint density at radius 2 is 1.90 bits per heavy atom. The Morgan fingerprint density at radius 1 is 1.24 bits per heavy atom. The Bertz CT molecular complexity index is 553. The van der Waals surface area contributed by atoms with Crippen molar-refractivity contribution in [1.82, 2.24) is 5.32 Å². The zero-order valence-corrected chi connectivity index (χ0v) is 12.7. The number of hydrogen-bond donors (Lipinski definition) is 2. The maximum Gasteiger partial charge on any atom is 0.329 e. The molecule has 0 saturated carbocycles. The molecule has 114 valence electrons. The van der Waals surface area contributed by atoms with Crippen LogP contribution >= 0.6 is 0 Å². The second-order valence-electron chi connectivity index (χ2n) is 6.03. The van der Waals surface area contributed by atoms with Gasteiger partial charge in [-0.1, -0.05) is 19.4 Å². The van der Waals surface area contributed by atoms with Gasteiger partial charge in [-0.3, -0.25) is 4.79 Å². The molecular weight excluding hydrogens is 266 g/mol. The Hall–Kier alpha value is -1.84. The van der Waals surface area contributed by atoms with E-state index in [0.717, 1.165) is 19.3 Å². The first-order valence-corrected chi connectivity index (χ1v) is 7.64. The summed E-state index contributed by atoms with van der Waals surface area (Å²) in [5.74, 6) is -1.29. The third-order valence-electron chi connectivity index (χ3n) is 4.22. The number of carboxylic acid groups (broad SMARTS) is 1. The summed E-state index contributed by atoms with van der Waals surface area (Å²) < 4.78 is 0. The van der Waals surface area contributed by atoms with Crippen molar-refractivity contribution in [2.24, 2.45) is 0 Å². The second kappa shape index (κ2) is 6.29. The Balaban J connectivity index is 2.18. The van der Waals surface area contributed by atoms with Gasteiger partial charge >= 0.3 is 5.97 Å². The normalized spacial score (nSPS) is 16.7. The average Bonchev–Trinajstić information content (AvgIpc) is 2.46. The van der Waals surface area contributed by atoms with Gasteiger partial charge in [0.15, 0.2) is 0 Å². The van der Waals surface area contributed by atoms with Crippen LogP contribution in [0.2, 0.25) is 0 Å². The van der Waals surface area contributed by atoms with Crippen LogP contribution in [-0.4, -0.2) is 22.5 Å². The van der Waals surface area contributed by atoms with Crippen LogP contribution in [0.15, 0.2) is 18.2 Å². The molecule has 1 aromatic carbocycles. The van der Waals surface area contributed by atoms with Crippen molar-refractivity contribution in [1.29, 1.82) is 0 Å². The Morgan fingerprint density at radius 3 is 2.52 bits per heavy atom.